The van der Waals surface area contributed by atoms with Gasteiger partial charge in [-0.2, -0.15) is 0 Å². The average Bonchev–Trinajstić information content (AvgIpc) is 3.07. The largest absolute Gasteiger partial charge is 0.493 e. The van der Waals surface area contributed by atoms with Crippen LogP contribution in [0.3, 0.4) is 0 Å². The number of ketones is 1. The zero-order valence-corrected chi connectivity index (χ0v) is 18.0. The van der Waals surface area contributed by atoms with Crippen LogP contribution in [0.5, 0.6) is 11.5 Å². The number of hydrogen-bond donors (Lipinski definition) is 2. The summed E-state index contributed by atoms with van der Waals surface area (Å²) in [6, 6.07) is 7.83. The Bertz CT molecular complexity index is 798. The third kappa shape index (κ3) is 6.06. The Morgan fingerprint density at radius 1 is 1.18 bits per heavy atom. The lowest BCUT2D eigenvalue weighted by atomic mass is 9.97. The second kappa shape index (κ2) is 10.0. The number of thiophene rings is 1. The smallest absolute Gasteiger partial charge is 0.172 e. The summed E-state index contributed by atoms with van der Waals surface area (Å²) in [5, 5.41) is 9.30. The fourth-order valence-corrected chi connectivity index (χ4v) is 4.14. The highest BCUT2D eigenvalue weighted by Gasteiger charge is 2.19. The molecule has 0 aliphatic heterocycles. The monoisotopic (exact) mass is 405 g/mol. The summed E-state index contributed by atoms with van der Waals surface area (Å²) in [6.45, 7) is 3.83. The van der Waals surface area contributed by atoms with Crippen molar-refractivity contribution >= 4 is 17.1 Å². The number of carbonyl (C=O) groups is 1. The Labute approximate surface area is 171 Å². The highest BCUT2D eigenvalue weighted by atomic mass is 32.1. The van der Waals surface area contributed by atoms with Gasteiger partial charge in [0.2, 0.25) is 0 Å². The summed E-state index contributed by atoms with van der Waals surface area (Å²) < 4.78 is 10.6. The van der Waals surface area contributed by atoms with Gasteiger partial charge < -0.3 is 20.3 Å². The van der Waals surface area contributed by atoms with Gasteiger partial charge in [-0.3, -0.25) is 4.79 Å². The van der Waals surface area contributed by atoms with E-state index in [0.717, 1.165) is 35.3 Å². The second-order valence-corrected chi connectivity index (χ2v) is 8.63. The normalized spacial score (nSPS) is 13.2. The van der Waals surface area contributed by atoms with Crippen LogP contribution in [-0.4, -0.2) is 37.3 Å². The predicted molar refractivity (Wildman–Crippen MR) is 114 cm³/mol. The van der Waals surface area contributed by atoms with Crippen molar-refractivity contribution in [2.45, 2.75) is 51.5 Å². The number of ether oxygens (including phenoxy) is 2. The molecule has 5 nitrogen and oxygen atoms in total. The van der Waals surface area contributed by atoms with E-state index in [2.05, 4.69) is 0 Å². The SMILES string of the molecule is COc1ccc(CCCC(=O)c2cc(C)c(CC[C@@](C)(N)CO)s2)cc1OC. The molecule has 154 valence electrons. The lowest BCUT2D eigenvalue weighted by Gasteiger charge is -2.21. The Balaban J connectivity index is 1.90. The standard InChI is InChI=1S/C22H31NO4S/c1-15-12-21(28-20(15)10-11-22(2,23)14-24)17(25)7-5-6-16-8-9-18(26-3)19(13-16)27-4/h8-9,12-13,24H,5-7,10-11,14,23H2,1-4H3/t22-/m1/s1. The first-order valence-corrected chi connectivity index (χ1v) is 10.3. The highest BCUT2D eigenvalue weighted by Crippen LogP contribution is 2.29. The molecule has 1 atom stereocenters. The first kappa shape index (κ1) is 22.4. The van der Waals surface area contributed by atoms with Gasteiger partial charge in [0.25, 0.3) is 0 Å². The number of aryl methyl sites for hydroxylation is 3. The number of aliphatic hydroxyl groups is 1. The van der Waals surface area contributed by atoms with E-state index < -0.39 is 5.54 Å². The first-order valence-electron chi connectivity index (χ1n) is 9.53. The third-order valence-corrected chi connectivity index (χ3v) is 6.23. The van der Waals surface area contributed by atoms with E-state index in [1.165, 1.54) is 4.88 Å². The Morgan fingerprint density at radius 3 is 2.54 bits per heavy atom. The molecule has 0 aliphatic carbocycles. The molecule has 1 aromatic heterocycles. The van der Waals surface area contributed by atoms with Crippen molar-refractivity contribution in [3.63, 3.8) is 0 Å². The fourth-order valence-electron chi connectivity index (χ4n) is 3.00. The summed E-state index contributed by atoms with van der Waals surface area (Å²) in [4.78, 5) is 14.6. The van der Waals surface area contributed by atoms with Crippen LogP contribution in [0.25, 0.3) is 0 Å². The second-order valence-electron chi connectivity index (χ2n) is 7.50. The minimum atomic E-state index is -0.583. The molecule has 6 heteroatoms. The molecular formula is C22H31NO4S. The molecule has 0 aliphatic rings. The maximum atomic E-state index is 12.6. The van der Waals surface area contributed by atoms with Crippen LogP contribution in [0.15, 0.2) is 24.3 Å². The van der Waals surface area contributed by atoms with Crippen molar-refractivity contribution in [1.82, 2.24) is 0 Å². The van der Waals surface area contributed by atoms with Crippen LogP contribution < -0.4 is 15.2 Å². The van der Waals surface area contributed by atoms with E-state index in [1.54, 1.807) is 25.6 Å². The molecule has 28 heavy (non-hydrogen) atoms. The summed E-state index contributed by atoms with van der Waals surface area (Å²) in [5.41, 5.74) is 7.68. The number of aliphatic hydroxyl groups excluding tert-OH is 1. The highest BCUT2D eigenvalue weighted by molar-refractivity contribution is 7.14. The number of carbonyl (C=O) groups excluding carboxylic acids is 1. The lowest BCUT2D eigenvalue weighted by molar-refractivity contribution is 0.0984. The van der Waals surface area contributed by atoms with Gasteiger partial charge in [-0.15, -0.1) is 11.3 Å². The van der Waals surface area contributed by atoms with Crippen molar-refractivity contribution in [3.8, 4) is 11.5 Å². The van der Waals surface area contributed by atoms with Gasteiger partial charge in [0.1, 0.15) is 0 Å². The maximum absolute atomic E-state index is 12.6. The number of rotatable bonds is 11. The summed E-state index contributed by atoms with van der Waals surface area (Å²) >= 11 is 1.55. The lowest BCUT2D eigenvalue weighted by Crippen LogP contribution is -2.40. The van der Waals surface area contributed by atoms with Crippen molar-refractivity contribution in [2.24, 2.45) is 5.73 Å². The van der Waals surface area contributed by atoms with Crippen molar-refractivity contribution in [2.75, 3.05) is 20.8 Å². The van der Waals surface area contributed by atoms with Crippen LogP contribution in [0.2, 0.25) is 0 Å². The van der Waals surface area contributed by atoms with E-state index in [9.17, 15) is 9.90 Å². The van der Waals surface area contributed by atoms with Gasteiger partial charge in [-0.05, 0) is 68.9 Å². The molecule has 0 radical (unpaired) electrons. The number of Topliss-reactive ketones (excluding diaryl/α,β-unsaturated/α-hetero) is 1. The quantitative estimate of drug-likeness (QED) is 0.554. The van der Waals surface area contributed by atoms with E-state index in [-0.39, 0.29) is 12.4 Å². The van der Waals surface area contributed by atoms with Crippen molar-refractivity contribution in [1.29, 1.82) is 0 Å². The molecule has 0 saturated carbocycles. The molecule has 0 spiro atoms. The van der Waals surface area contributed by atoms with Crippen LogP contribution in [0.4, 0.5) is 0 Å². The molecule has 2 rings (SSSR count). The van der Waals surface area contributed by atoms with Crippen LogP contribution >= 0.6 is 11.3 Å². The molecule has 2 aromatic rings. The number of methoxy groups -OCH3 is 2. The molecule has 0 unspecified atom stereocenters. The summed E-state index contributed by atoms with van der Waals surface area (Å²) in [7, 11) is 3.24. The van der Waals surface area contributed by atoms with Crippen LogP contribution in [-0.2, 0) is 12.8 Å². The first-order chi connectivity index (χ1) is 13.3. The Kier molecular flexibility index (Phi) is 8.04. The minimum absolute atomic E-state index is 0.0423. The van der Waals surface area contributed by atoms with Crippen molar-refractivity contribution < 1.29 is 19.4 Å². The molecule has 0 fully saturated rings. The van der Waals surface area contributed by atoms with E-state index in [1.807, 2.05) is 38.1 Å². The Morgan fingerprint density at radius 2 is 1.89 bits per heavy atom. The molecule has 0 saturated heterocycles. The summed E-state index contributed by atoms with van der Waals surface area (Å²) in [6.07, 6.45) is 3.58. The van der Waals surface area contributed by atoms with Gasteiger partial charge in [0.15, 0.2) is 17.3 Å². The molecule has 1 heterocycles. The fraction of sp³-hybridized carbons (Fsp3) is 0.500. The molecule has 0 bridgehead atoms. The van der Waals surface area contributed by atoms with E-state index in [4.69, 9.17) is 15.2 Å². The van der Waals surface area contributed by atoms with E-state index >= 15 is 0 Å². The predicted octanol–water partition coefficient (Wildman–Crippen LogP) is 3.92. The number of nitrogens with two attached hydrogens (primary N) is 1. The van der Waals surface area contributed by atoms with Gasteiger partial charge in [0, 0.05) is 16.8 Å². The molecular weight excluding hydrogens is 374 g/mol. The summed E-state index contributed by atoms with van der Waals surface area (Å²) in [5.74, 6) is 1.59. The van der Waals surface area contributed by atoms with E-state index in [0.29, 0.717) is 24.3 Å². The van der Waals surface area contributed by atoms with Crippen molar-refractivity contribution in [3.05, 3.63) is 45.1 Å². The molecule has 1 aromatic carbocycles. The minimum Gasteiger partial charge on any atom is -0.493 e. The van der Waals surface area contributed by atoms with Crippen LogP contribution in [0.1, 0.15) is 51.9 Å². The van der Waals surface area contributed by atoms with Gasteiger partial charge in [0.05, 0.1) is 25.7 Å². The van der Waals surface area contributed by atoms with Gasteiger partial charge >= 0.3 is 0 Å². The van der Waals surface area contributed by atoms with Gasteiger partial charge in [-0.1, -0.05) is 6.07 Å². The molecule has 0 amide bonds. The van der Waals surface area contributed by atoms with Crippen LogP contribution in [0, 0.1) is 6.92 Å². The zero-order chi connectivity index (χ0) is 20.7. The topological polar surface area (TPSA) is 81.8 Å². The molecule has 3 N–H and O–H groups in total. The number of hydrogen-bond acceptors (Lipinski definition) is 6. The zero-order valence-electron chi connectivity index (χ0n) is 17.2. The average molecular weight is 406 g/mol. The van der Waals surface area contributed by atoms with Gasteiger partial charge in [-0.25, -0.2) is 0 Å². The number of benzene rings is 1. The third-order valence-electron chi connectivity index (χ3n) is 4.90. The Hall–Kier alpha value is -1.89. The maximum Gasteiger partial charge on any atom is 0.172 e.